The van der Waals surface area contributed by atoms with Gasteiger partial charge in [-0.3, -0.25) is 9.59 Å². The van der Waals surface area contributed by atoms with E-state index in [0.717, 1.165) is 22.6 Å². The van der Waals surface area contributed by atoms with Crippen molar-refractivity contribution in [3.05, 3.63) is 59.7 Å². The van der Waals surface area contributed by atoms with Crippen LogP contribution in [0.4, 0.5) is 5.69 Å². The van der Waals surface area contributed by atoms with E-state index in [1.54, 1.807) is 0 Å². The molecule has 31 heavy (non-hydrogen) atoms. The van der Waals surface area contributed by atoms with Crippen LogP contribution < -0.4 is 15.4 Å². The molecule has 0 aliphatic carbocycles. The van der Waals surface area contributed by atoms with Gasteiger partial charge in [0.15, 0.2) is 0 Å². The molecule has 1 aliphatic rings. The molecule has 6 nitrogen and oxygen atoms in total. The fourth-order valence-electron chi connectivity index (χ4n) is 3.82. The summed E-state index contributed by atoms with van der Waals surface area (Å²) in [6.45, 7) is 4.99. The average molecular weight is 425 g/mol. The van der Waals surface area contributed by atoms with Gasteiger partial charge in [-0.2, -0.15) is 0 Å². The first-order valence-electron chi connectivity index (χ1n) is 10.9. The first kappa shape index (κ1) is 22.8. The Morgan fingerprint density at radius 2 is 1.97 bits per heavy atom. The van der Waals surface area contributed by atoms with Crippen LogP contribution in [0.2, 0.25) is 0 Å². The lowest BCUT2D eigenvalue weighted by Crippen LogP contribution is -2.36. The molecule has 2 amide bonds. The normalized spacial score (nSPS) is 14.4. The van der Waals surface area contributed by atoms with Gasteiger partial charge >= 0.3 is 0 Å². The van der Waals surface area contributed by atoms with Crippen LogP contribution in [0.25, 0.3) is 0 Å². The Morgan fingerprint density at radius 1 is 1.19 bits per heavy atom. The standard InChI is InChI=1S/C25H32N2O4/c1-25(2,17-28)21(18-7-4-3-5-8-18)16-26-23(29)9-6-14-31-20-11-12-22-19(15-20)10-13-24(30)27-22/h3-5,7-8,11-12,15,21,28H,6,9-10,13-14,16-17H2,1-2H3,(H,26,29)(H,27,30)/t21-/m1/s1. The Hall–Kier alpha value is -2.86. The van der Waals surface area contributed by atoms with Gasteiger partial charge in [-0.1, -0.05) is 44.2 Å². The van der Waals surface area contributed by atoms with Crippen molar-refractivity contribution in [1.29, 1.82) is 0 Å². The Bertz CT molecular complexity index is 896. The van der Waals surface area contributed by atoms with Crippen LogP contribution in [0.1, 0.15) is 50.2 Å². The monoisotopic (exact) mass is 424 g/mol. The lowest BCUT2D eigenvalue weighted by Gasteiger charge is -2.33. The van der Waals surface area contributed by atoms with Gasteiger partial charge in [0, 0.05) is 37.6 Å². The van der Waals surface area contributed by atoms with Crippen molar-refractivity contribution in [2.45, 2.75) is 45.4 Å². The van der Waals surface area contributed by atoms with E-state index in [-0.39, 0.29) is 29.8 Å². The highest BCUT2D eigenvalue weighted by atomic mass is 16.5. The predicted molar refractivity (Wildman–Crippen MR) is 121 cm³/mol. The Balaban J connectivity index is 1.44. The molecule has 0 saturated carbocycles. The molecule has 2 aromatic rings. The van der Waals surface area contributed by atoms with Crippen molar-refractivity contribution in [1.82, 2.24) is 5.32 Å². The minimum absolute atomic E-state index is 0.0218. The van der Waals surface area contributed by atoms with Gasteiger partial charge in [-0.15, -0.1) is 0 Å². The van der Waals surface area contributed by atoms with E-state index < -0.39 is 0 Å². The number of carbonyl (C=O) groups excluding carboxylic acids is 2. The van der Waals surface area contributed by atoms with Gasteiger partial charge in [-0.05, 0) is 47.6 Å². The van der Waals surface area contributed by atoms with Crippen molar-refractivity contribution < 1.29 is 19.4 Å². The predicted octanol–water partition coefficient (Wildman–Crippen LogP) is 3.65. The largest absolute Gasteiger partial charge is 0.494 e. The molecule has 0 fully saturated rings. The highest BCUT2D eigenvalue weighted by molar-refractivity contribution is 5.94. The summed E-state index contributed by atoms with van der Waals surface area (Å²) in [6, 6.07) is 15.6. The van der Waals surface area contributed by atoms with Crippen molar-refractivity contribution >= 4 is 17.5 Å². The number of anilines is 1. The van der Waals surface area contributed by atoms with Crippen molar-refractivity contribution in [2.24, 2.45) is 5.41 Å². The zero-order valence-electron chi connectivity index (χ0n) is 18.3. The molecule has 0 spiro atoms. The molecule has 3 N–H and O–H groups in total. The number of aliphatic hydroxyl groups excluding tert-OH is 1. The SMILES string of the molecule is CC(C)(CO)[C@H](CNC(=O)CCCOc1ccc2c(c1)CCC(=O)N2)c1ccccc1. The number of hydrogen-bond donors (Lipinski definition) is 3. The van der Waals surface area contributed by atoms with Crippen LogP contribution in [0.3, 0.4) is 0 Å². The number of nitrogens with one attached hydrogen (secondary N) is 2. The van der Waals surface area contributed by atoms with E-state index in [4.69, 9.17) is 4.74 Å². The number of aryl methyl sites for hydroxylation is 1. The van der Waals surface area contributed by atoms with Gasteiger partial charge in [0.25, 0.3) is 0 Å². The number of fused-ring (bicyclic) bond motifs is 1. The van der Waals surface area contributed by atoms with Crippen LogP contribution in [-0.4, -0.2) is 36.7 Å². The molecule has 3 rings (SSSR count). The lowest BCUT2D eigenvalue weighted by atomic mass is 9.75. The summed E-state index contributed by atoms with van der Waals surface area (Å²) in [5, 5.41) is 15.7. The molecule has 0 bridgehead atoms. The highest BCUT2D eigenvalue weighted by Crippen LogP contribution is 2.34. The summed E-state index contributed by atoms with van der Waals surface area (Å²) in [7, 11) is 0. The third-order valence-electron chi connectivity index (χ3n) is 5.85. The van der Waals surface area contributed by atoms with E-state index in [1.807, 2.05) is 62.4 Å². The molecule has 166 valence electrons. The summed E-state index contributed by atoms with van der Waals surface area (Å²) < 4.78 is 5.79. The minimum atomic E-state index is -0.344. The van der Waals surface area contributed by atoms with E-state index in [1.165, 1.54) is 0 Å². The molecule has 0 saturated heterocycles. The summed E-state index contributed by atoms with van der Waals surface area (Å²) in [5.74, 6) is 0.800. The lowest BCUT2D eigenvalue weighted by molar-refractivity contribution is -0.121. The quantitative estimate of drug-likeness (QED) is 0.508. The van der Waals surface area contributed by atoms with Gasteiger partial charge in [0.2, 0.25) is 11.8 Å². The molecular formula is C25H32N2O4. The average Bonchev–Trinajstić information content (AvgIpc) is 2.77. The third kappa shape index (κ3) is 6.31. The summed E-state index contributed by atoms with van der Waals surface area (Å²) >= 11 is 0. The van der Waals surface area contributed by atoms with E-state index >= 15 is 0 Å². The molecule has 2 aromatic carbocycles. The van der Waals surface area contributed by atoms with Crippen LogP contribution in [0.5, 0.6) is 5.75 Å². The maximum Gasteiger partial charge on any atom is 0.224 e. The topological polar surface area (TPSA) is 87.7 Å². The first-order chi connectivity index (χ1) is 14.9. The molecular weight excluding hydrogens is 392 g/mol. The summed E-state index contributed by atoms with van der Waals surface area (Å²) in [6.07, 6.45) is 2.20. The first-order valence-corrected chi connectivity index (χ1v) is 10.9. The van der Waals surface area contributed by atoms with Crippen molar-refractivity contribution in [3.63, 3.8) is 0 Å². The van der Waals surface area contributed by atoms with Crippen LogP contribution in [0, 0.1) is 5.41 Å². The molecule has 0 unspecified atom stereocenters. The van der Waals surface area contributed by atoms with Crippen molar-refractivity contribution in [2.75, 3.05) is 25.1 Å². The van der Waals surface area contributed by atoms with E-state index in [0.29, 0.717) is 38.8 Å². The molecule has 0 radical (unpaired) electrons. The Kier molecular flexibility index (Phi) is 7.69. The van der Waals surface area contributed by atoms with Crippen LogP contribution >= 0.6 is 0 Å². The third-order valence-corrected chi connectivity index (χ3v) is 5.85. The smallest absolute Gasteiger partial charge is 0.224 e. The second-order valence-electron chi connectivity index (χ2n) is 8.73. The number of benzene rings is 2. The van der Waals surface area contributed by atoms with Gasteiger partial charge < -0.3 is 20.5 Å². The molecule has 6 heteroatoms. The van der Waals surface area contributed by atoms with Gasteiger partial charge in [0.05, 0.1) is 6.61 Å². The zero-order valence-corrected chi connectivity index (χ0v) is 18.3. The maximum atomic E-state index is 12.4. The summed E-state index contributed by atoms with van der Waals surface area (Å²) in [4.78, 5) is 23.8. The highest BCUT2D eigenvalue weighted by Gasteiger charge is 2.30. The second kappa shape index (κ2) is 10.4. The molecule has 1 aliphatic heterocycles. The van der Waals surface area contributed by atoms with Crippen LogP contribution in [0.15, 0.2) is 48.5 Å². The molecule has 0 aromatic heterocycles. The number of hydrogen-bond acceptors (Lipinski definition) is 4. The summed E-state index contributed by atoms with van der Waals surface area (Å²) in [5.41, 5.74) is 2.69. The number of ether oxygens (including phenoxy) is 1. The van der Waals surface area contributed by atoms with Crippen molar-refractivity contribution in [3.8, 4) is 5.75 Å². The van der Waals surface area contributed by atoms with Gasteiger partial charge in [0.1, 0.15) is 5.75 Å². The van der Waals surface area contributed by atoms with Gasteiger partial charge in [-0.25, -0.2) is 0 Å². The maximum absolute atomic E-state index is 12.4. The number of aliphatic hydroxyl groups is 1. The van der Waals surface area contributed by atoms with Crippen LogP contribution in [-0.2, 0) is 16.0 Å². The van der Waals surface area contributed by atoms with E-state index in [9.17, 15) is 14.7 Å². The minimum Gasteiger partial charge on any atom is -0.494 e. The number of carbonyl (C=O) groups is 2. The fourth-order valence-corrected chi connectivity index (χ4v) is 3.82. The Morgan fingerprint density at radius 3 is 2.71 bits per heavy atom. The van der Waals surface area contributed by atoms with E-state index in [2.05, 4.69) is 10.6 Å². The zero-order chi connectivity index (χ0) is 22.3. The second-order valence-corrected chi connectivity index (χ2v) is 8.73. The Labute approximate surface area is 184 Å². The molecule has 1 atom stereocenters. The number of amides is 2. The number of rotatable bonds is 10. The molecule has 1 heterocycles. The fraction of sp³-hybridized carbons (Fsp3) is 0.440.